The number of carbonyl (C=O) groups is 2. The maximum Gasteiger partial charge on any atom is 0.247 e. The molecule has 2 aliphatic rings. The van der Waals surface area contributed by atoms with Crippen molar-refractivity contribution in [3.05, 3.63) is 18.0 Å². The number of hydrogen-bond donors (Lipinski definition) is 1. The maximum atomic E-state index is 13.1. The lowest BCUT2D eigenvalue weighted by Gasteiger charge is -2.46. The van der Waals surface area contributed by atoms with Gasteiger partial charge in [0.2, 0.25) is 11.8 Å². The molecule has 7 heteroatoms. The first-order chi connectivity index (χ1) is 10.8. The summed E-state index contributed by atoms with van der Waals surface area (Å²) in [6.07, 6.45) is 3.80. The minimum atomic E-state index is -0.786. The molecule has 2 amide bonds. The summed E-state index contributed by atoms with van der Waals surface area (Å²) in [6.45, 7) is 6.27. The van der Waals surface area contributed by atoms with Crippen LogP contribution in [-0.4, -0.2) is 70.2 Å². The Hall–Kier alpha value is -1.89. The van der Waals surface area contributed by atoms with Gasteiger partial charge in [0, 0.05) is 52.4 Å². The summed E-state index contributed by atoms with van der Waals surface area (Å²) in [5.74, 6) is 0.0349. The zero-order chi connectivity index (χ0) is 16.8. The lowest BCUT2D eigenvalue weighted by atomic mass is 9.87. The first-order valence-corrected chi connectivity index (χ1v) is 8.08. The van der Waals surface area contributed by atoms with E-state index < -0.39 is 5.54 Å². The van der Waals surface area contributed by atoms with Gasteiger partial charge < -0.3 is 15.1 Å². The Kier molecular flexibility index (Phi) is 3.91. The molecule has 0 spiro atoms. The van der Waals surface area contributed by atoms with Crippen LogP contribution >= 0.6 is 0 Å². The second-order valence-corrected chi connectivity index (χ2v) is 7.09. The van der Waals surface area contributed by atoms with Gasteiger partial charge in [-0.15, -0.1) is 0 Å². The number of nitrogens with one attached hydrogen (secondary N) is 1. The quantitative estimate of drug-likeness (QED) is 0.820. The Balaban J connectivity index is 1.83. The standard InChI is InChI=1S/C16H25N5O2/c1-16(2)15(23)19(3)5-6-21(16)14(22)13-9-17-8-12(13)11-7-18-20(4)10-11/h7,10,12-13,17H,5-6,8-9H2,1-4H3/t12-,13+/m1/s1. The van der Waals surface area contributed by atoms with E-state index >= 15 is 0 Å². The summed E-state index contributed by atoms with van der Waals surface area (Å²) in [5, 5.41) is 7.54. The van der Waals surface area contributed by atoms with Crippen LogP contribution in [0.25, 0.3) is 0 Å². The number of carbonyl (C=O) groups excluding carboxylic acids is 2. The Bertz CT molecular complexity index is 624. The monoisotopic (exact) mass is 319 g/mol. The summed E-state index contributed by atoms with van der Waals surface area (Å²) in [4.78, 5) is 29.0. The first-order valence-electron chi connectivity index (χ1n) is 8.08. The molecule has 0 saturated carbocycles. The SMILES string of the molecule is CN1CCN(C(=O)[C@H]2CNC[C@@H]2c2cnn(C)c2)C(C)(C)C1=O. The van der Waals surface area contributed by atoms with Gasteiger partial charge in [-0.25, -0.2) is 0 Å². The minimum absolute atomic E-state index is 0.000911. The molecule has 2 saturated heterocycles. The first kappa shape index (κ1) is 16.0. The van der Waals surface area contributed by atoms with E-state index in [-0.39, 0.29) is 23.7 Å². The van der Waals surface area contributed by atoms with Crippen LogP contribution in [0.2, 0.25) is 0 Å². The van der Waals surface area contributed by atoms with E-state index in [1.807, 2.05) is 33.3 Å². The van der Waals surface area contributed by atoms with Gasteiger partial charge in [-0.05, 0) is 19.4 Å². The van der Waals surface area contributed by atoms with E-state index in [4.69, 9.17) is 0 Å². The number of rotatable bonds is 2. The molecule has 1 aromatic heterocycles. The van der Waals surface area contributed by atoms with Crippen LogP contribution in [0.4, 0.5) is 0 Å². The maximum absolute atomic E-state index is 13.1. The van der Waals surface area contributed by atoms with Gasteiger partial charge in [-0.1, -0.05) is 0 Å². The zero-order valence-electron chi connectivity index (χ0n) is 14.2. The van der Waals surface area contributed by atoms with Crippen molar-refractivity contribution in [2.45, 2.75) is 25.3 Å². The van der Waals surface area contributed by atoms with E-state index in [2.05, 4.69) is 10.4 Å². The number of likely N-dealkylation sites (N-methyl/N-ethyl adjacent to an activating group) is 1. The van der Waals surface area contributed by atoms with E-state index in [1.165, 1.54) is 0 Å². The number of aryl methyl sites for hydroxylation is 1. The predicted octanol–water partition coefficient (Wildman–Crippen LogP) is -0.198. The summed E-state index contributed by atoms with van der Waals surface area (Å²) in [7, 11) is 3.67. The van der Waals surface area contributed by atoms with Gasteiger partial charge in [0.05, 0.1) is 12.1 Å². The second-order valence-electron chi connectivity index (χ2n) is 7.09. The molecule has 2 aliphatic heterocycles. The lowest BCUT2D eigenvalue weighted by Crippen LogP contribution is -2.64. The van der Waals surface area contributed by atoms with Crippen LogP contribution in [0.3, 0.4) is 0 Å². The highest BCUT2D eigenvalue weighted by Crippen LogP contribution is 2.32. The molecule has 0 unspecified atom stereocenters. The topological polar surface area (TPSA) is 70.5 Å². The Morgan fingerprint density at radius 1 is 1.30 bits per heavy atom. The Morgan fingerprint density at radius 3 is 2.70 bits per heavy atom. The van der Waals surface area contributed by atoms with Crippen molar-refractivity contribution >= 4 is 11.8 Å². The van der Waals surface area contributed by atoms with E-state index in [0.29, 0.717) is 19.6 Å². The van der Waals surface area contributed by atoms with Gasteiger partial charge in [0.15, 0.2) is 0 Å². The van der Waals surface area contributed by atoms with Crippen molar-refractivity contribution in [1.82, 2.24) is 24.9 Å². The van der Waals surface area contributed by atoms with Crippen molar-refractivity contribution in [1.29, 1.82) is 0 Å². The molecule has 0 aliphatic carbocycles. The van der Waals surface area contributed by atoms with Crippen LogP contribution < -0.4 is 5.32 Å². The number of aromatic nitrogens is 2. The molecule has 1 N–H and O–H groups in total. The highest BCUT2D eigenvalue weighted by atomic mass is 16.2. The fourth-order valence-corrected chi connectivity index (χ4v) is 3.72. The van der Waals surface area contributed by atoms with Crippen LogP contribution in [0.15, 0.2) is 12.4 Å². The summed E-state index contributed by atoms with van der Waals surface area (Å²) < 4.78 is 1.76. The van der Waals surface area contributed by atoms with Crippen molar-refractivity contribution in [2.75, 3.05) is 33.2 Å². The number of nitrogens with zero attached hydrogens (tertiary/aromatic N) is 4. The van der Waals surface area contributed by atoms with E-state index in [0.717, 1.165) is 12.1 Å². The average molecular weight is 319 g/mol. The van der Waals surface area contributed by atoms with Crippen LogP contribution in [0.1, 0.15) is 25.3 Å². The summed E-state index contributed by atoms with van der Waals surface area (Å²) >= 11 is 0. The molecular weight excluding hydrogens is 294 g/mol. The predicted molar refractivity (Wildman–Crippen MR) is 85.7 cm³/mol. The van der Waals surface area contributed by atoms with Crippen molar-refractivity contribution < 1.29 is 9.59 Å². The number of piperazine rings is 1. The summed E-state index contributed by atoms with van der Waals surface area (Å²) in [6, 6.07) is 0. The highest BCUT2D eigenvalue weighted by molar-refractivity contribution is 5.93. The molecule has 2 atom stereocenters. The van der Waals surface area contributed by atoms with Crippen LogP contribution in [0, 0.1) is 5.92 Å². The molecule has 0 radical (unpaired) electrons. The third kappa shape index (κ3) is 2.63. The molecule has 23 heavy (non-hydrogen) atoms. The van der Waals surface area contributed by atoms with Crippen molar-refractivity contribution in [3.8, 4) is 0 Å². The smallest absolute Gasteiger partial charge is 0.247 e. The third-order valence-electron chi connectivity index (χ3n) is 5.15. The fourth-order valence-electron chi connectivity index (χ4n) is 3.72. The van der Waals surface area contributed by atoms with Crippen molar-refractivity contribution in [2.24, 2.45) is 13.0 Å². The van der Waals surface area contributed by atoms with E-state index in [1.54, 1.807) is 21.5 Å². The van der Waals surface area contributed by atoms with Crippen LogP contribution in [0.5, 0.6) is 0 Å². The largest absolute Gasteiger partial charge is 0.342 e. The molecule has 1 aromatic rings. The zero-order valence-corrected chi connectivity index (χ0v) is 14.2. The van der Waals surface area contributed by atoms with Crippen LogP contribution in [-0.2, 0) is 16.6 Å². The molecule has 3 heterocycles. The number of hydrogen-bond acceptors (Lipinski definition) is 4. The molecule has 0 bridgehead atoms. The Morgan fingerprint density at radius 2 is 2.04 bits per heavy atom. The molecule has 126 valence electrons. The summed E-state index contributed by atoms with van der Waals surface area (Å²) in [5.41, 5.74) is 0.292. The minimum Gasteiger partial charge on any atom is -0.342 e. The lowest BCUT2D eigenvalue weighted by molar-refractivity contribution is -0.159. The molecule has 3 rings (SSSR count). The van der Waals surface area contributed by atoms with Gasteiger partial charge in [-0.3, -0.25) is 14.3 Å². The molecular formula is C16H25N5O2. The van der Waals surface area contributed by atoms with Crippen molar-refractivity contribution in [3.63, 3.8) is 0 Å². The normalized spacial score (nSPS) is 27.6. The average Bonchev–Trinajstić information content (AvgIpc) is 3.12. The third-order valence-corrected chi connectivity index (χ3v) is 5.15. The molecule has 7 nitrogen and oxygen atoms in total. The fraction of sp³-hybridized carbons (Fsp3) is 0.688. The van der Waals surface area contributed by atoms with Gasteiger partial charge in [-0.2, -0.15) is 5.10 Å². The van der Waals surface area contributed by atoms with Gasteiger partial charge in [0.1, 0.15) is 5.54 Å². The Labute approximate surface area is 136 Å². The number of amides is 2. The second kappa shape index (κ2) is 5.63. The highest BCUT2D eigenvalue weighted by Gasteiger charge is 2.47. The van der Waals surface area contributed by atoms with Gasteiger partial charge >= 0.3 is 0 Å². The van der Waals surface area contributed by atoms with E-state index in [9.17, 15) is 9.59 Å². The molecule has 0 aromatic carbocycles. The van der Waals surface area contributed by atoms with Gasteiger partial charge in [0.25, 0.3) is 0 Å². The molecule has 2 fully saturated rings.